The van der Waals surface area contributed by atoms with Crippen LogP contribution in [0.4, 0.5) is 0 Å². The van der Waals surface area contributed by atoms with Crippen LogP contribution in [0.3, 0.4) is 0 Å². The maximum Gasteiger partial charge on any atom is 0.251 e. The van der Waals surface area contributed by atoms with Crippen LogP contribution in [0.15, 0.2) is 24.3 Å². The lowest BCUT2D eigenvalue weighted by Crippen LogP contribution is -2.50. The van der Waals surface area contributed by atoms with E-state index in [4.69, 9.17) is 18.0 Å². The van der Waals surface area contributed by atoms with Gasteiger partial charge in [-0.2, -0.15) is 0 Å². The van der Waals surface area contributed by atoms with E-state index in [1.807, 2.05) is 20.8 Å². The monoisotopic (exact) mass is 307 g/mol. The fourth-order valence-electron chi connectivity index (χ4n) is 1.61. The molecule has 0 spiro atoms. The molecule has 0 fully saturated rings. The minimum Gasteiger partial charge on any atom is -0.389 e. The lowest BCUT2D eigenvalue weighted by Gasteiger charge is -2.23. The number of hydrogen-bond acceptors (Lipinski definition) is 3. The van der Waals surface area contributed by atoms with Gasteiger partial charge in [0.15, 0.2) is 0 Å². The third-order valence-electron chi connectivity index (χ3n) is 2.67. The van der Waals surface area contributed by atoms with Gasteiger partial charge in [-0.05, 0) is 39.8 Å². The summed E-state index contributed by atoms with van der Waals surface area (Å²) in [5.41, 5.74) is 6.30. The number of thiocarbonyl (C=S) groups is 1. The number of nitrogens with one attached hydrogen (secondary N) is 2. The van der Waals surface area contributed by atoms with Gasteiger partial charge in [-0.25, -0.2) is 0 Å². The zero-order valence-corrected chi connectivity index (χ0v) is 13.5. The Morgan fingerprint density at radius 2 is 1.62 bits per heavy atom. The molecule has 1 unspecified atom stereocenters. The lowest BCUT2D eigenvalue weighted by atomic mass is 10.1. The largest absolute Gasteiger partial charge is 0.389 e. The fraction of sp³-hybridized carbons (Fsp3) is 0.400. The molecule has 0 heterocycles. The van der Waals surface area contributed by atoms with Crippen molar-refractivity contribution in [3.8, 4) is 0 Å². The molecule has 1 aromatic carbocycles. The molecule has 1 rings (SSSR count). The van der Waals surface area contributed by atoms with E-state index in [0.29, 0.717) is 11.1 Å². The summed E-state index contributed by atoms with van der Waals surface area (Å²) in [6, 6.07) is 5.98. The molecular formula is C15H21N3O2S. The predicted molar refractivity (Wildman–Crippen MR) is 87.2 cm³/mol. The second kappa shape index (κ2) is 6.67. The van der Waals surface area contributed by atoms with Crippen molar-refractivity contribution >= 4 is 29.0 Å². The zero-order valence-electron chi connectivity index (χ0n) is 12.7. The standard InChI is InChI=1S/C15H21N3O2S/c1-9(13(19)18-15(2,3)4)17-14(20)11-7-5-10(6-8-11)12(16)21/h5-9H,1-4H3,(H2,16,21)(H,17,20)(H,18,19). The predicted octanol–water partition coefficient (Wildman–Crippen LogP) is 1.35. The van der Waals surface area contributed by atoms with Crippen LogP contribution in [0.2, 0.25) is 0 Å². The van der Waals surface area contributed by atoms with Gasteiger partial charge in [-0.15, -0.1) is 0 Å². The molecule has 5 nitrogen and oxygen atoms in total. The van der Waals surface area contributed by atoms with Gasteiger partial charge in [-0.3, -0.25) is 9.59 Å². The van der Waals surface area contributed by atoms with Gasteiger partial charge in [0.25, 0.3) is 5.91 Å². The Labute approximate surface area is 130 Å². The summed E-state index contributed by atoms with van der Waals surface area (Å²) in [4.78, 5) is 24.2. The summed E-state index contributed by atoms with van der Waals surface area (Å²) in [6.45, 7) is 7.29. The summed E-state index contributed by atoms with van der Waals surface area (Å²) in [6.07, 6.45) is 0. The molecular weight excluding hydrogens is 286 g/mol. The molecule has 6 heteroatoms. The Morgan fingerprint density at radius 1 is 1.14 bits per heavy atom. The molecule has 2 amide bonds. The fourth-order valence-corrected chi connectivity index (χ4v) is 1.75. The highest BCUT2D eigenvalue weighted by Gasteiger charge is 2.21. The van der Waals surface area contributed by atoms with Crippen LogP contribution in [0.1, 0.15) is 43.6 Å². The molecule has 0 aliphatic carbocycles. The van der Waals surface area contributed by atoms with Gasteiger partial charge in [0.2, 0.25) is 5.91 Å². The lowest BCUT2D eigenvalue weighted by molar-refractivity contribution is -0.124. The van der Waals surface area contributed by atoms with Crippen LogP contribution in [-0.4, -0.2) is 28.4 Å². The molecule has 21 heavy (non-hydrogen) atoms. The van der Waals surface area contributed by atoms with Gasteiger partial charge >= 0.3 is 0 Å². The van der Waals surface area contributed by atoms with Crippen molar-refractivity contribution in [1.29, 1.82) is 0 Å². The Kier molecular flexibility index (Phi) is 5.43. The van der Waals surface area contributed by atoms with Gasteiger partial charge in [0, 0.05) is 16.7 Å². The van der Waals surface area contributed by atoms with Crippen LogP contribution in [0.5, 0.6) is 0 Å². The highest BCUT2D eigenvalue weighted by molar-refractivity contribution is 7.80. The Morgan fingerprint density at radius 3 is 2.05 bits per heavy atom. The zero-order chi connectivity index (χ0) is 16.2. The highest BCUT2D eigenvalue weighted by atomic mass is 32.1. The normalized spacial score (nSPS) is 12.4. The van der Waals surface area contributed by atoms with Gasteiger partial charge < -0.3 is 16.4 Å². The Balaban J connectivity index is 2.68. The molecule has 0 bridgehead atoms. The van der Waals surface area contributed by atoms with E-state index < -0.39 is 6.04 Å². The number of nitrogens with two attached hydrogens (primary N) is 1. The SMILES string of the molecule is CC(NC(=O)c1ccc(C(N)=S)cc1)C(=O)NC(C)(C)C. The smallest absolute Gasteiger partial charge is 0.251 e. The molecule has 4 N–H and O–H groups in total. The maximum absolute atomic E-state index is 12.1. The molecule has 0 aromatic heterocycles. The number of hydrogen-bond donors (Lipinski definition) is 3. The van der Waals surface area contributed by atoms with Gasteiger partial charge in [0.1, 0.15) is 11.0 Å². The third kappa shape index (κ3) is 5.51. The molecule has 1 atom stereocenters. The van der Waals surface area contributed by atoms with Gasteiger partial charge in [0.05, 0.1) is 0 Å². The number of rotatable bonds is 4. The first-order chi connectivity index (χ1) is 9.60. The van der Waals surface area contributed by atoms with Crippen LogP contribution < -0.4 is 16.4 Å². The Hall–Kier alpha value is -1.95. The first-order valence-electron chi connectivity index (χ1n) is 6.63. The topological polar surface area (TPSA) is 84.2 Å². The van der Waals surface area contributed by atoms with E-state index in [2.05, 4.69) is 10.6 Å². The first kappa shape index (κ1) is 17.1. The van der Waals surface area contributed by atoms with E-state index in [-0.39, 0.29) is 22.3 Å². The summed E-state index contributed by atoms with van der Waals surface area (Å²) in [5, 5.41) is 5.46. The number of carbonyl (C=O) groups is 2. The molecule has 1 aromatic rings. The summed E-state index contributed by atoms with van der Waals surface area (Å²) in [7, 11) is 0. The van der Waals surface area contributed by atoms with E-state index in [0.717, 1.165) is 0 Å². The summed E-state index contributed by atoms with van der Waals surface area (Å²) < 4.78 is 0. The van der Waals surface area contributed by atoms with Crippen molar-refractivity contribution in [3.63, 3.8) is 0 Å². The van der Waals surface area contributed by atoms with Gasteiger partial charge in [-0.1, -0.05) is 24.4 Å². The minimum absolute atomic E-state index is 0.226. The van der Waals surface area contributed by atoms with Crippen LogP contribution in [-0.2, 0) is 4.79 Å². The van der Waals surface area contributed by atoms with Crippen LogP contribution in [0, 0.1) is 0 Å². The average Bonchev–Trinajstić information content (AvgIpc) is 2.36. The molecule has 0 saturated heterocycles. The van der Waals surface area contributed by atoms with E-state index in [1.165, 1.54) is 0 Å². The highest BCUT2D eigenvalue weighted by Crippen LogP contribution is 2.05. The van der Waals surface area contributed by atoms with Crippen molar-refractivity contribution in [2.24, 2.45) is 5.73 Å². The van der Waals surface area contributed by atoms with Crippen molar-refractivity contribution in [1.82, 2.24) is 10.6 Å². The van der Waals surface area contributed by atoms with Crippen molar-refractivity contribution < 1.29 is 9.59 Å². The molecule has 114 valence electrons. The molecule has 0 aliphatic heterocycles. The van der Waals surface area contributed by atoms with E-state index in [9.17, 15) is 9.59 Å². The van der Waals surface area contributed by atoms with Crippen molar-refractivity contribution in [2.45, 2.75) is 39.3 Å². The van der Waals surface area contributed by atoms with Crippen molar-refractivity contribution in [2.75, 3.05) is 0 Å². The second-order valence-corrected chi connectivity index (χ2v) is 6.32. The first-order valence-corrected chi connectivity index (χ1v) is 7.04. The third-order valence-corrected chi connectivity index (χ3v) is 2.91. The number of amides is 2. The van der Waals surface area contributed by atoms with E-state index >= 15 is 0 Å². The van der Waals surface area contributed by atoms with Crippen LogP contribution in [0.25, 0.3) is 0 Å². The van der Waals surface area contributed by atoms with Crippen molar-refractivity contribution in [3.05, 3.63) is 35.4 Å². The number of benzene rings is 1. The van der Waals surface area contributed by atoms with E-state index in [1.54, 1.807) is 31.2 Å². The maximum atomic E-state index is 12.1. The molecule has 0 saturated carbocycles. The summed E-state index contributed by atoms with van der Waals surface area (Å²) >= 11 is 4.85. The van der Waals surface area contributed by atoms with Crippen LogP contribution >= 0.6 is 12.2 Å². The second-order valence-electron chi connectivity index (χ2n) is 5.88. The number of carbonyl (C=O) groups excluding carboxylic acids is 2. The quantitative estimate of drug-likeness (QED) is 0.733. The molecule has 0 radical (unpaired) electrons. The summed E-state index contributed by atoms with van der Waals surface area (Å²) in [5.74, 6) is -0.545. The molecule has 0 aliphatic rings. The average molecular weight is 307 g/mol. The minimum atomic E-state index is -0.619. The Bertz CT molecular complexity index is 547.